The summed E-state index contributed by atoms with van der Waals surface area (Å²) in [7, 11) is 0. The number of aliphatic hydroxyl groups is 1. The van der Waals surface area contributed by atoms with Crippen LogP contribution < -0.4 is 5.32 Å². The quantitative estimate of drug-likeness (QED) is 0.816. The van der Waals surface area contributed by atoms with Gasteiger partial charge in [-0.25, -0.2) is 0 Å². The fourth-order valence-corrected chi connectivity index (χ4v) is 2.30. The van der Waals surface area contributed by atoms with Gasteiger partial charge in [0.05, 0.1) is 16.7 Å². The zero-order valence-electron chi connectivity index (χ0n) is 12.4. The van der Waals surface area contributed by atoms with E-state index in [4.69, 9.17) is 11.6 Å². The summed E-state index contributed by atoms with van der Waals surface area (Å²) in [4.78, 5) is 13.1. The first-order valence-corrected chi connectivity index (χ1v) is 8.15. The summed E-state index contributed by atoms with van der Waals surface area (Å²) in [5.74, 6) is -0.202. The van der Waals surface area contributed by atoms with Crippen molar-refractivity contribution in [2.75, 3.05) is 12.8 Å². The van der Waals surface area contributed by atoms with Gasteiger partial charge in [-0.05, 0) is 36.3 Å². The largest absolute Gasteiger partial charge is 0.393 e. The molecule has 1 aromatic carbocycles. The highest BCUT2D eigenvalue weighted by atomic mass is 35.5. The third-order valence-corrected chi connectivity index (χ3v) is 4.18. The summed E-state index contributed by atoms with van der Waals surface area (Å²) in [6, 6.07) is 5.39. The lowest BCUT2D eigenvalue weighted by Crippen LogP contribution is -2.32. The molecule has 0 aliphatic carbocycles. The van der Waals surface area contributed by atoms with E-state index in [0.29, 0.717) is 23.6 Å². The Hall–Kier alpha value is -0.710. The van der Waals surface area contributed by atoms with Crippen LogP contribution in [0.4, 0.5) is 0 Å². The number of carbonyl (C=O) groups is 1. The number of amides is 1. The van der Waals surface area contributed by atoms with E-state index in [2.05, 4.69) is 5.32 Å². The van der Waals surface area contributed by atoms with Gasteiger partial charge in [-0.1, -0.05) is 32.4 Å². The molecule has 1 atom stereocenters. The number of hydrogen-bond acceptors (Lipinski definition) is 3. The fourth-order valence-electron chi connectivity index (χ4n) is 1.66. The summed E-state index contributed by atoms with van der Waals surface area (Å²) >= 11 is 7.61. The molecule has 0 aliphatic rings. The molecule has 0 unspecified atom stereocenters. The smallest absolute Gasteiger partial charge is 0.252 e. The molecule has 0 radical (unpaired) electrons. The average Bonchev–Trinajstić information content (AvgIpc) is 2.37. The van der Waals surface area contributed by atoms with Crippen molar-refractivity contribution in [2.24, 2.45) is 5.41 Å². The van der Waals surface area contributed by atoms with Crippen molar-refractivity contribution in [2.45, 2.75) is 38.2 Å². The van der Waals surface area contributed by atoms with E-state index in [9.17, 15) is 9.90 Å². The third-order valence-electron chi connectivity index (χ3n) is 3.12. The number of halogens is 1. The van der Waals surface area contributed by atoms with Gasteiger partial charge in [0.2, 0.25) is 0 Å². The molecule has 112 valence electrons. The summed E-state index contributed by atoms with van der Waals surface area (Å²) in [5, 5.41) is 13.2. The highest BCUT2D eigenvalue weighted by molar-refractivity contribution is 7.98. The first-order chi connectivity index (χ1) is 9.25. The molecule has 0 fully saturated rings. The number of aliphatic hydroxyl groups excluding tert-OH is 1. The number of rotatable bonds is 5. The lowest BCUT2D eigenvalue weighted by atomic mass is 9.87. The summed E-state index contributed by atoms with van der Waals surface area (Å²) in [6.07, 6.45) is 2.02. The topological polar surface area (TPSA) is 49.3 Å². The van der Waals surface area contributed by atoms with Crippen molar-refractivity contribution in [3.8, 4) is 0 Å². The Labute approximate surface area is 130 Å². The molecule has 0 heterocycles. The monoisotopic (exact) mass is 315 g/mol. The van der Waals surface area contributed by atoms with Gasteiger partial charge < -0.3 is 10.4 Å². The van der Waals surface area contributed by atoms with Gasteiger partial charge in [0, 0.05) is 11.4 Å². The average molecular weight is 316 g/mol. The van der Waals surface area contributed by atoms with Crippen LogP contribution in [-0.2, 0) is 0 Å². The van der Waals surface area contributed by atoms with Crippen LogP contribution in [0, 0.1) is 5.41 Å². The van der Waals surface area contributed by atoms with Crippen molar-refractivity contribution in [1.29, 1.82) is 0 Å². The molecular formula is C15H22ClNO2S. The van der Waals surface area contributed by atoms with Gasteiger partial charge >= 0.3 is 0 Å². The van der Waals surface area contributed by atoms with Gasteiger partial charge in [0.25, 0.3) is 5.91 Å². The Bertz CT molecular complexity index is 471. The molecule has 20 heavy (non-hydrogen) atoms. The maximum atomic E-state index is 12.1. The standard InChI is InChI=1S/C15H22ClNO2S/c1-15(2,3)13(18)7-8-17-14(19)11-9-10(20-4)5-6-12(11)16/h5-6,9,13,18H,7-8H2,1-4H3,(H,17,19)/t13-/m1/s1. The Morgan fingerprint density at radius 1 is 1.45 bits per heavy atom. The van der Waals surface area contributed by atoms with Crippen LogP contribution in [-0.4, -0.2) is 29.9 Å². The fraction of sp³-hybridized carbons (Fsp3) is 0.533. The van der Waals surface area contributed by atoms with Gasteiger partial charge in [-0.3, -0.25) is 4.79 Å². The molecular weight excluding hydrogens is 294 g/mol. The van der Waals surface area contributed by atoms with Crippen molar-refractivity contribution >= 4 is 29.3 Å². The first-order valence-electron chi connectivity index (χ1n) is 6.55. The van der Waals surface area contributed by atoms with Crippen molar-refractivity contribution in [1.82, 2.24) is 5.32 Å². The van der Waals surface area contributed by atoms with Gasteiger partial charge in [0.1, 0.15) is 0 Å². The normalized spacial score (nSPS) is 13.1. The van der Waals surface area contributed by atoms with Crippen molar-refractivity contribution in [3.05, 3.63) is 28.8 Å². The Morgan fingerprint density at radius 2 is 2.10 bits per heavy atom. The molecule has 0 aromatic heterocycles. The minimum atomic E-state index is -0.448. The summed E-state index contributed by atoms with van der Waals surface area (Å²) < 4.78 is 0. The lowest BCUT2D eigenvalue weighted by Gasteiger charge is -2.25. The zero-order chi connectivity index (χ0) is 15.3. The van der Waals surface area contributed by atoms with Crippen molar-refractivity contribution in [3.63, 3.8) is 0 Å². The van der Waals surface area contributed by atoms with Gasteiger partial charge in [0.15, 0.2) is 0 Å². The number of benzene rings is 1. The van der Waals surface area contributed by atoms with Crippen LogP contribution in [0.1, 0.15) is 37.6 Å². The second kappa shape index (κ2) is 7.34. The Balaban J connectivity index is 2.59. The van der Waals surface area contributed by atoms with Crippen molar-refractivity contribution < 1.29 is 9.90 Å². The molecule has 3 nitrogen and oxygen atoms in total. The SMILES string of the molecule is CSc1ccc(Cl)c(C(=O)NCC[C@@H](O)C(C)(C)C)c1. The second-order valence-electron chi connectivity index (χ2n) is 5.77. The molecule has 0 aliphatic heterocycles. The minimum absolute atomic E-state index is 0.179. The molecule has 5 heteroatoms. The number of nitrogens with one attached hydrogen (secondary N) is 1. The highest BCUT2D eigenvalue weighted by Crippen LogP contribution is 2.23. The van der Waals surface area contributed by atoms with E-state index >= 15 is 0 Å². The van der Waals surface area contributed by atoms with Crippen LogP contribution in [0.25, 0.3) is 0 Å². The molecule has 2 N–H and O–H groups in total. The van der Waals surface area contributed by atoms with E-state index in [1.165, 1.54) is 0 Å². The van der Waals surface area contributed by atoms with E-state index in [1.807, 2.05) is 33.1 Å². The van der Waals surface area contributed by atoms with Gasteiger partial charge in [-0.2, -0.15) is 0 Å². The van der Waals surface area contributed by atoms with E-state index < -0.39 is 6.10 Å². The number of hydrogen-bond donors (Lipinski definition) is 2. The van der Waals surface area contributed by atoms with Crippen LogP contribution in [0.2, 0.25) is 5.02 Å². The molecule has 1 rings (SSSR count). The molecule has 1 aromatic rings. The molecule has 1 amide bonds. The van der Waals surface area contributed by atoms with Crippen LogP contribution in [0.3, 0.4) is 0 Å². The molecule has 0 bridgehead atoms. The zero-order valence-corrected chi connectivity index (χ0v) is 13.9. The third kappa shape index (κ3) is 5.00. The van der Waals surface area contributed by atoms with E-state index in [0.717, 1.165) is 4.90 Å². The highest BCUT2D eigenvalue weighted by Gasteiger charge is 2.21. The molecule has 0 spiro atoms. The maximum Gasteiger partial charge on any atom is 0.252 e. The summed E-state index contributed by atoms with van der Waals surface area (Å²) in [5.41, 5.74) is 0.296. The number of thioether (sulfide) groups is 1. The summed E-state index contributed by atoms with van der Waals surface area (Å²) in [6.45, 7) is 6.34. The Kier molecular flexibility index (Phi) is 6.37. The predicted octanol–water partition coefficient (Wildman–Crippen LogP) is 3.59. The number of carbonyl (C=O) groups excluding carboxylic acids is 1. The van der Waals surface area contributed by atoms with E-state index in [-0.39, 0.29) is 11.3 Å². The van der Waals surface area contributed by atoms with Crippen LogP contribution >= 0.6 is 23.4 Å². The lowest BCUT2D eigenvalue weighted by molar-refractivity contribution is 0.0551. The minimum Gasteiger partial charge on any atom is -0.393 e. The predicted molar refractivity (Wildman–Crippen MR) is 85.6 cm³/mol. The molecule has 0 saturated heterocycles. The van der Waals surface area contributed by atoms with Crippen LogP contribution in [0.5, 0.6) is 0 Å². The molecule has 0 saturated carbocycles. The Morgan fingerprint density at radius 3 is 2.65 bits per heavy atom. The second-order valence-corrected chi connectivity index (χ2v) is 7.06. The van der Waals surface area contributed by atoms with Gasteiger partial charge in [-0.15, -0.1) is 11.8 Å². The maximum absolute atomic E-state index is 12.1. The first kappa shape index (κ1) is 17.3. The van der Waals surface area contributed by atoms with E-state index in [1.54, 1.807) is 23.9 Å². The van der Waals surface area contributed by atoms with Crippen LogP contribution in [0.15, 0.2) is 23.1 Å².